The summed E-state index contributed by atoms with van der Waals surface area (Å²) in [7, 11) is 1.59. The number of rotatable bonds is 5. The van der Waals surface area contributed by atoms with Crippen LogP contribution in [0.2, 0.25) is 5.02 Å². The van der Waals surface area contributed by atoms with Crippen LogP contribution in [0, 0.1) is 0 Å². The Balaban J connectivity index is 2.70. The van der Waals surface area contributed by atoms with Crippen molar-refractivity contribution in [3.05, 3.63) is 28.8 Å². The average Bonchev–Trinajstić information content (AvgIpc) is 2.36. The Morgan fingerprint density at radius 3 is 2.68 bits per heavy atom. The van der Waals surface area contributed by atoms with Crippen molar-refractivity contribution in [2.24, 2.45) is 0 Å². The molecule has 104 valence electrons. The molecule has 2 N–H and O–H groups in total. The van der Waals surface area contributed by atoms with Crippen molar-refractivity contribution < 1.29 is 14.3 Å². The van der Waals surface area contributed by atoms with Gasteiger partial charge in [0.05, 0.1) is 23.6 Å². The second-order valence-corrected chi connectivity index (χ2v) is 4.39. The monoisotopic (exact) mass is 284 g/mol. The number of carbonyl (C=O) groups excluding carboxylic acids is 2. The molecule has 0 fully saturated rings. The van der Waals surface area contributed by atoms with Crippen molar-refractivity contribution in [3.8, 4) is 0 Å². The van der Waals surface area contributed by atoms with E-state index in [1.165, 1.54) is 4.90 Å². The first-order valence-corrected chi connectivity index (χ1v) is 6.30. The van der Waals surface area contributed by atoms with Gasteiger partial charge in [-0.05, 0) is 19.1 Å². The van der Waals surface area contributed by atoms with Crippen LogP contribution in [-0.4, -0.2) is 37.0 Å². The molecule has 0 aliphatic carbocycles. The summed E-state index contributed by atoms with van der Waals surface area (Å²) in [5.41, 5.74) is 6.32. The van der Waals surface area contributed by atoms with Gasteiger partial charge in [0.2, 0.25) is 0 Å². The molecule has 0 aromatic heterocycles. The zero-order valence-electron chi connectivity index (χ0n) is 11.0. The van der Waals surface area contributed by atoms with Gasteiger partial charge in [0.25, 0.3) is 5.91 Å². The second kappa shape index (κ2) is 6.99. The zero-order chi connectivity index (χ0) is 14.4. The number of carbonyl (C=O) groups is 2. The van der Waals surface area contributed by atoms with E-state index in [0.717, 1.165) is 0 Å². The molecule has 0 heterocycles. The molecule has 1 rings (SSSR count). The molecule has 0 aliphatic heterocycles. The lowest BCUT2D eigenvalue weighted by Gasteiger charge is -2.18. The summed E-state index contributed by atoms with van der Waals surface area (Å²) in [6.07, 6.45) is 0.139. The maximum Gasteiger partial charge on any atom is 0.307 e. The maximum atomic E-state index is 12.2. The van der Waals surface area contributed by atoms with Crippen LogP contribution in [0.15, 0.2) is 18.2 Å². The van der Waals surface area contributed by atoms with Gasteiger partial charge in [0, 0.05) is 19.3 Å². The van der Waals surface area contributed by atoms with Gasteiger partial charge in [0.15, 0.2) is 0 Å². The number of amides is 1. The molecule has 0 saturated carbocycles. The van der Waals surface area contributed by atoms with E-state index in [2.05, 4.69) is 0 Å². The lowest BCUT2D eigenvalue weighted by molar-refractivity contribution is -0.143. The van der Waals surface area contributed by atoms with Crippen LogP contribution < -0.4 is 5.73 Å². The molecule has 0 atom stereocenters. The van der Waals surface area contributed by atoms with Gasteiger partial charge in [-0.25, -0.2) is 0 Å². The third kappa shape index (κ3) is 4.13. The van der Waals surface area contributed by atoms with Crippen LogP contribution in [0.4, 0.5) is 5.69 Å². The Labute approximate surface area is 117 Å². The average molecular weight is 285 g/mol. The van der Waals surface area contributed by atoms with Crippen molar-refractivity contribution in [1.82, 2.24) is 4.90 Å². The van der Waals surface area contributed by atoms with E-state index in [1.807, 2.05) is 0 Å². The highest BCUT2D eigenvalue weighted by molar-refractivity contribution is 6.34. The minimum Gasteiger partial charge on any atom is -0.466 e. The van der Waals surface area contributed by atoms with Crippen LogP contribution >= 0.6 is 11.6 Å². The van der Waals surface area contributed by atoms with Gasteiger partial charge in [-0.15, -0.1) is 0 Å². The fourth-order valence-electron chi connectivity index (χ4n) is 1.55. The van der Waals surface area contributed by atoms with Gasteiger partial charge in [0.1, 0.15) is 0 Å². The van der Waals surface area contributed by atoms with Crippen molar-refractivity contribution in [1.29, 1.82) is 0 Å². The molecule has 1 amide bonds. The molecule has 5 nitrogen and oxygen atoms in total. The summed E-state index contributed by atoms with van der Waals surface area (Å²) in [5.74, 6) is -0.651. The third-order valence-electron chi connectivity index (χ3n) is 2.56. The lowest BCUT2D eigenvalue weighted by Crippen LogP contribution is -2.30. The smallest absolute Gasteiger partial charge is 0.307 e. The second-order valence-electron chi connectivity index (χ2n) is 3.99. The minimum absolute atomic E-state index is 0.139. The number of nitrogen functional groups attached to an aromatic ring is 1. The zero-order valence-corrected chi connectivity index (χ0v) is 11.7. The molecule has 0 saturated heterocycles. The molecule has 0 unspecified atom stereocenters. The number of halogens is 1. The van der Waals surface area contributed by atoms with E-state index in [1.54, 1.807) is 32.2 Å². The number of benzene rings is 1. The fourth-order valence-corrected chi connectivity index (χ4v) is 1.81. The number of esters is 1. The third-order valence-corrected chi connectivity index (χ3v) is 2.88. The highest BCUT2D eigenvalue weighted by atomic mass is 35.5. The predicted octanol–water partition coefficient (Wildman–Crippen LogP) is 1.95. The van der Waals surface area contributed by atoms with Gasteiger partial charge >= 0.3 is 5.97 Å². The van der Waals surface area contributed by atoms with E-state index < -0.39 is 0 Å². The first kappa shape index (κ1) is 15.3. The summed E-state index contributed by atoms with van der Waals surface area (Å²) in [5, 5.41) is 0.299. The number of ether oxygens (including phenoxy) is 1. The number of nitrogens with zero attached hydrogens (tertiary/aromatic N) is 1. The minimum atomic E-state index is -0.339. The van der Waals surface area contributed by atoms with Crippen molar-refractivity contribution in [2.45, 2.75) is 13.3 Å². The van der Waals surface area contributed by atoms with Crippen molar-refractivity contribution in [2.75, 3.05) is 25.9 Å². The van der Waals surface area contributed by atoms with Gasteiger partial charge in [-0.3, -0.25) is 9.59 Å². The normalized spacial score (nSPS) is 10.1. The molecule has 0 spiro atoms. The summed E-state index contributed by atoms with van der Waals surface area (Å²) in [6, 6.07) is 4.88. The number of nitrogens with two attached hydrogens (primary N) is 1. The highest BCUT2D eigenvalue weighted by Gasteiger charge is 2.18. The molecule has 0 radical (unpaired) electrons. The van der Waals surface area contributed by atoms with E-state index >= 15 is 0 Å². The summed E-state index contributed by atoms with van der Waals surface area (Å²) >= 11 is 5.96. The standard InChI is InChI=1S/C13H17ClN2O3/c1-3-19-11(17)7-8-16(2)13(18)12-9(14)5-4-6-10(12)15/h4-6H,3,7-8,15H2,1-2H3. The van der Waals surface area contributed by atoms with Crippen LogP contribution in [-0.2, 0) is 9.53 Å². The number of hydrogen-bond acceptors (Lipinski definition) is 4. The van der Waals surface area contributed by atoms with Crippen LogP contribution in [0.3, 0.4) is 0 Å². The Hall–Kier alpha value is -1.75. The van der Waals surface area contributed by atoms with Crippen molar-refractivity contribution in [3.63, 3.8) is 0 Å². The highest BCUT2D eigenvalue weighted by Crippen LogP contribution is 2.23. The first-order valence-electron chi connectivity index (χ1n) is 5.92. The topological polar surface area (TPSA) is 72.6 Å². The molecule has 6 heteroatoms. The van der Waals surface area contributed by atoms with E-state index in [-0.39, 0.29) is 30.4 Å². The number of hydrogen-bond donors (Lipinski definition) is 1. The quantitative estimate of drug-likeness (QED) is 0.662. The molecular weight excluding hydrogens is 268 g/mol. The molecule has 1 aromatic rings. The van der Waals surface area contributed by atoms with E-state index in [4.69, 9.17) is 22.1 Å². The van der Waals surface area contributed by atoms with Crippen LogP contribution in [0.1, 0.15) is 23.7 Å². The maximum absolute atomic E-state index is 12.2. The molecular formula is C13H17ClN2O3. The summed E-state index contributed by atoms with van der Waals surface area (Å²) in [6.45, 7) is 2.31. The number of anilines is 1. The van der Waals surface area contributed by atoms with Gasteiger partial charge < -0.3 is 15.4 Å². The summed E-state index contributed by atoms with van der Waals surface area (Å²) < 4.78 is 4.80. The van der Waals surface area contributed by atoms with E-state index in [9.17, 15) is 9.59 Å². The van der Waals surface area contributed by atoms with Crippen LogP contribution in [0.5, 0.6) is 0 Å². The Morgan fingerprint density at radius 2 is 2.11 bits per heavy atom. The Bertz CT molecular complexity index is 457. The van der Waals surface area contributed by atoms with E-state index in [0.29, 0.717) is 17.3 Å². The molecule has 1 aromatic carbocycles. The Kier molecular flexibility index (Phi) is 5.63. The molecule has 0 bridgehead atoms. The first-order chi connectivity index (χ1) is 8.97. The summed E-state index contributed by atoms with van der Waals surface area (Å²) in [4.78, 5) is 24.8. The Morgan fingerprint density at radius 1 is 1.42 bits per heavy atom. The molecule has 0 aliphatic rings. The SMILES string of the molecule is CCOC(=O)CCN(C)C(=O)c1c(N)cccc1Cl. The van der Waals surface area contributed by atoms with Crippen LogP contribution in [0.25, 0.3) is 0 Å². The molecule has 19 heavy (non-hydrogen) atoms. The van der Waals surface area contributed by atoms with Gasteiger partial charge in [-0.1, -0.05) is 17.7 Å². The lowest BCUT2D eigenvalue weighted by atomic mass is 10.1. The fraction of sp³-hybridized carbons (Fsp3) is 0.385. The largest absolute Gasteiger partial charge is 0.466 e. The predicted molar refractivity (Wildman–Crippen MR) is 74.1 cm³/mol. The van der Waals surface area contributed by atoms with Gasteiger partial charge in [-0.2, -0.15) is 0 Å². The van der Waals surface area contributed by atoms with Crippen molar-refractivity contribution >= 4 is 29.2 Å².